The highest BCUT2D eigenvalue weighted by atomic mass is 35.5. The first kappa shape index (κ1) is 18.8. The van der Waals surface area contributed by atoms with Crippen molar-refractivity contribution >= 4 is 22.9 Å². The number of halogens is 1. The van der Waals surface area contributed by atoms with Crippen LogP contribution in [-0.4, -0.2) is 14.5 Å². The Balaban J connectivity index is 1.32. The molecule has 3 heterocycles. The first-order chi connectivity index (χ1) is 13.7. The molecule has 0 amide bonds. The van der Waals surface area contributed by atoms with E-state index in [0.717, 1.165) is 30.0 Å². The Kier molecular flexibility index (Phi) is 5.78. The van der Waals surface area contributed by atoms with Crippen molar-refractivity contribution in [3.63, 3.8) is 0 Å². The van der Waals surface area contributed by atoms with Gasteiger partial charge in [-0.3, -0.25) is 0 Å². The Bertz CT molecular complexity index is 1040. The van der Waals surface area contributed by atoms with E-state index in [1.165, 1.54) is 10.4 Å². The number of hydrogen-bond donors (Lipinski definition) is 0. The van der Waals surface area contributed by atoms with Gasteiger partial charge in [0.2, 0.25) is 5.89 Å². The van der Waals surface area contributed by atoms with Crippen LogP contribution in [0.25, 0.3) is 10.8 Å². The Morgan fingerprint density at radius 3 is 2.93 bits per heavy atom. The van der Waals surface area contributed by atoms with Gasteiger partial charge in [-0.15, -0.1) is 11.3 Å². The Morgan fingerprint density at radius 2 is 2.18 bits per heavy atom. The molecule has 0 saturated heterocycles. The molecule has 0 aliphatic rings. The van der Waals surface area contributed by atoms with Crippen LogP contribution in [0.3, 0.4) is 0 Å². The van der Waals surface area contributed by atoms with Crippen LogP contribution in [0.1, 0.15) is 22.6 Å². The SMILES string of the molecule is Cc1ccc(-c2nc(COc3ccc(CCCn4ccnc4)cc3Cl)co2)s1. The minimum atomic E-state index is 0.313. The van der Waals surface area contributed by atoms with E-state index in [1.807, 2.05) is 30.7 Å². The van der Waals surface area contributed by atoms with Crippen LogP contribution in [0.15, 0.2) is 59.7 Å². The largest absolute Gasteiger partial charge is 0.486 e. The molecule has 4 rings (SSSR count). The molecule has 0 spiro atoms. The molecule has 144 valence electrons. The zero-order valence-electron chi connectivity index (χ0n) is 15.5. The molecule has 7 heteroatoms. The fraction of sp³-hybridized carbons (Fsp3) is 0.238. The lowest BCUT2D eigenvalue weighted by molar-refractivity contribution is 0.301. The first-order valence-electron chi connectivity index (χ1n) is 9.05. The van der Waals surface area contributed by atoms with Gasteiger partial charge in [0.15, 0.2) is 0 Å². The zero-order valence-corrected chi connectivity index (χ0v) is 17.0. The number of aryl methyl sites for hydroxylation is 3. The quantitative estimate of drug-likeness (QED) is 0.367. The van der Waals surface area contributed by atoms with E-state index < -0.39 is 0 Å². The molecule has 0 fully saturated rings. The van der Waals surface area contributed by atoms with Gasteiger partial charge >= 0.3 is 0 Å². The number of benzene rings is 1. The molecule has 0 aliphatic carbocycles. The number of aromatic nitrogens is 3. The number of nitrogens with zero attached hydrogens (tertiary/aromatic N) is 3. The van der Waals surface area contributed by atoms with E-state index in [2.05, 4.69) is 33.6 Å². The molecule has 0 saturated carbocycles. The molecule has 1 aromatic carbocycles. The Labute approximate surface area is 172 Å². The summed E-state index contributed by atoms with van der Waals surface area (Å²) in [5, 5.41) is 0.609. The van der Waals surface area contributed by atoms with Crippen molar-refractivity contribution in [2.24, 2.45) is 0 Å². The Morgan fingerprint density at radius 1 is 1.25 bits per heavy atom. The van der Waals surface area contributed by atoms with E-state index in [9.17, 15) is 0 Å². The van der Waals surface area contributed by atoms with Gasteiger partial charge < -0.3 is 13.7 Å². The van der Waals surface area contributed by atoms with Gasteiger partial charge in [0.05, 0.1) is 16.2 Å². The minimum absolute atomic E-state index is 0.313. The van der Waals surface area contributed by atoms with Crippen molar-refractivity contribution in [1.29, 1.82) is 0 Å². The average Bonchev–Trinajstić information content (AvgIpc) is 3.43. The van der Waals surface area contributed by atoms with Crippen LogP contribution in [0, 0.1) is 6.92 Å². The van der Waals surface area contributed by atoms with Crippen LogP contribution in [0.4, 0.5) is 0 Å². The maximum Gasteiger partial charge on any atom is 0.236 e. The van der Waals surface area contributed by atoms with E-state index in [1.54, 1.807) is 23.8 Å². The number of thiophene rings is 1. The summed E-state index contributed by atoms with van der Waals surface area (Å²) in [5.41, 5.74) is 1.93. The van der Waals surface area contributed by atoms with E-state index in [-0.39, 0.29) is 0 Å². The molecule has 0 aliphatic heterocycles. The fourth-order valence-corrected chi connectivity index (χ4v) is 3.95. The lowest BCUT2D eigenvalue weighted by Gasteiger charge is -2.09. The molecule has 4 aromatic rings. The summed E-state index contributed by atoms with van der Waals surface area (Å²) < 4.78 is 13.5. The van der Waals surface area contributed by atoms with Gasteiger partial charge in [-0.25, -0.2) is 9.97 Å². The summed E-state index contributed by atoms with van der Waals surface area (Å²) >= 11 is 8.05. The zero-order chi connectivity index (χ0) is 19.3. The molecule has 28 heavy (non-hydrogen) atoms. The summed E-state index contributed by atoms with van der Waals surface area (Å²) in [6.45, 7) is 3.31. The highest BCUT2D eigenvalue weighted by Gasteiger charge is 2.10. The monoisotopic (exact) mass is 413 g/mol. The van der Waals surface area contributed by atoms with Gasteiger partial charge in [-0.1, -0.05) is 17.7 Å². The summed E-state index contributed by atoms with van der Waals surface area (Å²) in [4.78, 5) is 10.8. The van der Waals surface area contributed by atoms with E-state index in [4.69, 9.17) is 20.8 Å². The van der Waals surface area contributed by atoms with E-state index >= 15 is 0 Å². The molecular formula is C21H20ClN3O2S. The first-order valence-corrected chi connectivity index (χ1v) is 10.2. The molecule has 0 bridgehead atoms. The number of oxazole rings is 1. The molecular weight excluding hydrogens is 394 g/mol. The summed E-state index contributed by atoms with van der Waals surface area (Å²) in [7, 11) is 0. The van der Waals surface area contributed by atoms with Crippen molar-refractivity contribution in [3.8, 4) is 16.5 Å². The minimum Gasteiger partial charge on any atom is -0.486 e. The van der Waals surface area contributed by atoms with E-state index in [0.29, 0.717) is 23.3 Å². The second-order valence-electron chi connectivity index (χ2n) is 6.51. The maximum atomic E-state index is 6.40. The third-order valence-electron chi connectivity index (χ3n) is 4.32. The summed E-state index contributed by atoms with van der Waals surface area (Å²) in [6, 6.07) is 10.00. The van der Waals surface area contributed by atoms with Gasteiger partial charge in [0.25, 0.3) is 0 Å². The average molecular weight is 414 g/mol. The standard InChI is InChI=1S/C21H20ClN3O2S/c1-15-4-7-20(28-15)21-24-17(13-27-21)12-26-19-6-5-16(11-18(19)22)3-2-9-25-10-8-23-14-25/h4-8,10-11,13-14H,2-3,9,12H2,1H3. The van der Waals surface area contributed by atoms with Gasteiger partial charge in [-0.2, -0.15) is 0 Å². The summed E-state index contributed by atoms with van der Waals surface area (Å²) in [5.74, 6) is 1.27. The third kappa shape index (κ3) is 4.64. The van der Waals surface area contributed by atoms with Gasteiger partial charge in [-0.05, 0) is 49.6 Å². The predicted octanol–water partition coefficient (Wildman–Crippen LogP) is 5.77. The second kappa shape index (κ2) is 8.63. The van der Waals surface area contributed by atoms with Gasteiger partial charge in [0.1, 0.15) is 24.3 Å². The highest BCUT2D eigenvalue weighted by molar-refractivity contribution is 7.15. The lowest BCUT2D eigenvalue weighted by Crippen LogP contribution is -1.98. The number of hydrogen-bond acceptors (Lipinski definition) is 5. The molecule has 3 aromatic heterocycles. The van der Waals surface area contributed by atoms with Crippen molar-refractivity contribution in [2.75, 3.05) is 0 Å². The predicted molar refractivity (Wildman–Crippen MR) is 111 cm³/mol. The lowest BCUT2D eigenvalue weighted by atomic mass is 10.1. The second-order valence-corrected chi connectivity index (χ2v) is 8.21. The molecule has 0 N–H and O–H groups in total. The Hall–Kier alpha value is -2.57. The topological polar surface area (TPSA) is 53.1 Å². The third-order valence-corrected chi connectivity index (χ3v) is 5.60. The van der Waals surface area contributed by atoms with Crippen LogP contribution >= 0.6 is 22.9 Å². The summed E-state index contributed by atoms with van der Waals surface area (Å²) in [6.07, 6.45) is 9.20. The van der Waals surface area contributed by atoms with Crippen molar-refractivity contribution in [1.82, 2.24) is 14.5 Å². The number of ether oxygens (including phenoxy) is 1. The maximum absolute atomic E-state index is 6.40. The molecule has 0 radical (unpaired) electrons. The van der Waals surface area contributed by atoms with Crippen molar-refractivity contribution in [3.05, 3.63) is 76.5 Å². The van der Waals surface area contributed by atoms with Crippen LogP contribution in [-0.2, 0) is 19.6 Å². The molecule has 0 unspecified atom stereocenters. The van der Waals surface area contributed by atoms with Crippen molar-refractivity contribution < 1.29 is 9.15 Å². The molecule has 0 atom stereocenters. The van der Waals surface area contributed by atoms with Crippen LogP contribution < -0.4 is 4.74 Å². The smallest absolute Gasteiger partial charge is 0.236 e. The number of rotatable bonds is 8. The molecule has 5 nitrogen and oxygen atoms in total. The van der Waals surface area contributed by atoms with Gasteiger partial charge in [0, 0.05) is 23.8 Å². The normalized spacial score (nSPS) is 11.1. The van der Waals surface area contributed by atoms with Crippen LogP contribution in [0.5, 0.6) is 5.75 Å². The van der Waals surface area contributed by atoms with Crippen molar-refractivity contribution in [2.45, 2.75) is 32.9 Å². The fourth-order valence-electron chi connectivity index (χ4n) is 2.89. The number of imidazole rings is 1. The van der Waals surface area contributed by atoms with Crippen LogP contribution in [0.2, 0.25) is 5.02 Å². The highest BCUT2D eigenvalue weighted by Crippen LogP contribution is 2.29.